The third kappa shape index (κ3) is 3.48. The van der Waals surface area contributed by atoms with Gasteiger partial charge in [0.2, 0.25) is 5.92 Å². The quantitative estimate of drug-likeness (QED) is 0.854. The third-order valence-corrected chi connectivity index (χ3v) is 5.16. The standard InChI is InChI=1S/C12H16BrF2NS/c1-16-10(11-5-9(13)7-17-11)4-8-2-3-12(14,15)6-8/h5,7-8,10,16H,2-4,6H2,1H3. The Morgan fingerprint density at radius 3 is 2.88 bits per heavy atom. The van der Waals surface area contributed by atoms with E-state index in [0.29, 0.717) is 6.42 Å². The Kier molecular flexibility index (Phi) is 4.21. The molecule has 0 radical (unpaired) electrons. The third-order valence-electron chi connectivity index (χ3n) is 3.35. The summed E-state index contributed by atoms with van der Waals surface area (Å²) >= 11 is 5.09. The monoisotopic (exact) mass is 323 g/mol. The van der Waals surface area contributed by atoms with E-state index < -0.39 is 5.92 Å². The molecule has 2 rings (SSSR count). The van der Waals surface area contributed by atoms with Gasteiger partial charge in [-0.2, -0.15) is 0 Å². The van der Waals surface area contributed by atoms with Crippen molar-refractivity contribution in [1.29, 1.82) is 0 Å². The van der Waals surface area contributed by atoms with E-state index in [-0.39, 0.29) is 24.8 Å². The Morgan fingerprint density at radius 1 is 1.65 bits per heavy atom. The van der Waals surface area contributed by atoms with Gasteiger partial charge in [0, 0.05) is 33.6 Å². The Balaban J connectivity index is 1.97. The molecule has 17 heavy (non-hydrogen) atoms. The first kappa shape index (κ1) is 13.4. The summed E-state index contributed by atoms with van der Waals surface area (Å²) in [5.74, 6) is -2.29. The minimum absolute atomic E-state index is 0.0533. The molecule has 1 aliphatic carbocycles. The second-order valence-corrected chi connectivity index (χ2v) is 6.57. The maximum Gasteiger partial charge on any atom is 0.248 e. The number of thiophene rings is 1. The van der Waals surface area contributed by atoms with Crippen molar-refractivity contribution in [2.75, 3.05) is 7.05 Å². The van der Waals surface area contributed by atoms with Crippen molar-refractivity contribution in [1.82, 2.24) is 5.32 Å². The van der Waals surface area contributed by atoms with Gasteiger partial charge in [-0.25, -0.2) is 8.78 Å². The normalized spacial score (nSPS) is 25.1. The molecule has 1 nitrogen and oxygen atoms in total. The van der Waals surface area contributed by atoms with Crippen molar-refractivity contribution in [2.24, 2.45) is 5.92 Å². The van der Waals surface area contributed by atoms with E-state index in [2.05, 4.69) is 27.3 Å². The number of hydrogen-bond donors (Lipinski definition) is 1. The van der Waals surface area contributed by atoms with Crippen LogP contribution in [0.3, 0.4) is 0 Å². The van der Waals surface area contributed by atoms with E-state index >= 15 is 0 Å². The van der Waals surface area contributed by atoms with Gasteiger partial charge in [-0.05, 0) is 47.8 Å². The van der Waals surface area contributed by atoms with Crippen molar-refractivity contribution in [3.8, 4) is 0 Å². The van der Waals surface area contributed by atoms with Crippen LogP contribution in [0.1, 0.15) is 36.6 Å². The molecule has 0 spiro atoms. The molecule has 1 aromatic rings. The van der Waals surface area contributed by atoms with Crippen LogP contribution in [-0.2, 0) is 0 Å². The fourth-order valence-corrected chi connectivity index (χ4v) is 4.03. The molecule has 2 atom stereocenters. The van der Waals surface area contributed by atoms with Crippen LogP contribution in [0.2, 0.25) is 0 Å². The molecule has 0 bridgehead atoms. The molecule has 0 saturated heterocycles. The molecular formula is C12H16BrF2NS. The molecule has 1 aliphatic rings. The molecule has 1 heterocycles. The average Bonchev–Trinajstić information content (AvgIpc) is 2.81. The van der Waals surface area contributed by atoms with Crippen molar-refractivity contribution in [3.63, 3.8) is 0 Å². The minimum atomic E-state index is -2.43. The van der Waals surface area contributed by atoms with Gasteiger partial charge in [-0.1, -0.05) is 0 Å². The summed E-state index contributed by atoms with van der Waals surface area (Å²) in [5.41, 5.74) is 0. The highest BCUT2D eigenvalue weighted by Gasteiger charge is 2.40. The van der Waals surface area contributed by atoms with Crippen LogP contribution >= 0.6 is 27.3 Å². The second kappa shape index (κ2) is 5.33. The van der Waals surface area contributed by atoms with Crippen LogP contribution in [0.15, 0.2) is 15.9 Å². The summed E-state index contributed by atoms with van der Waals surface area (Å²) in [5, 5.41) is 5.26. The van der Waals surface area contributed by atoms with E-state index in [9.17, 15) is 8.78 Å². The Morgan fingerprint density at radius 2 is 2.41 bits per heavy atom. The highest BCUT2D eigenvalue weighted by molar-refractivity contribution is 9.10. The maximum absolute atomic E-state index is 13.1. The van der Waals surface area contributed by atoms with Crippen molar-refractivity contribution < 1.29 is 8.78 Å². The molecule has 1 N–H and O–H groups in total. The highest BCUT2D eigenvalue weighted by Crippen LogP contribution is 2.43. The second-order valence-electron chi connectivity index (χ2n) is 4.71. The van der Waals surface area contributed by atoms with Crippen LogP contribution in [-0.4, -0.2) is 13.0 Å². The van der Waals surface area contributed by atoms with Gasteiger partial charge in [0.15, 0.2) is 0 Å². The Bertz CT molecular complexity index is 380. The fraction of sp³-hybridized carbons (Fsp3) is 0.667. The van der Waals surface area contributed by atoms with Crippen LogP contribution in [0.4, 0.5) is 8.78 Å². The molecular weight excluding hydrogens is 308 g/mol. The van der Waals surface area contributed by atoms with E-state index in [1.54, 1.807) is 11.3 Å². The van der Waals surface area contributed by atoms with Crippen molar-refractivity contribution >= 4 is 27.3 Å². The summed E-state index contributed by atoms with van der Waals surface area (Å²) in [6.07, 6.45) is 1.57. The molecule has 2 unspecified atom stereocenters. The Hall–Kier alpha value is -0.0000000000000000833. The SMILES string of the molecule is CNC(CC1CCC(F)(F)C1)c1cc(Br)cs1. The molecule has 0 aromatic carbocycles. The lowest BCUT2D eigenvalue weighted by Gasteiger charge is -2.19. The summed E-state index contributed by atoms with van der Waals surface area (Å²) in [7, 11) is 1.89. The van der Waals surface area contributed by atoms with Gasteiger partial charge in [-0.15, -0.1) is 11.3 Å². The van der Waals surface area contributed by atoms with Gasteiger partial charge in [0.1, 0.15) is 0 Å². The van der Waals surface area contributed by atoms with Crippen LogP contribution in [0, 0.1) is 5.92 Å². The maximum atomic E-state index is 13.1. The van der Waals surface area contributed by atoms with Gasteiger partial charge < -0.3 is 5.32 Å². The number of rotatable bonds is 4. The molecule has 0 amide bonds. The number of hydrogen-bond acceptors (Lipinski definition) is 2. The van der Waals surface area contributed by atoms with Crippen LogP contribution in [0.25, 0.3) is 0 Å². The molecule has 5 heteroatoms. The van der Waals surface area contributed by atoms with Crippen LogP contribution < -0.4 is 5.32 Å². The summed E-state index contributed by atoms with van der Waals surface area (Å²) < 4.78 is 27.3. The molecule has 1 aromatic heterocycles. The average molecular weight is 324 g/mol. The van der Waals surface area contributed by atoms with Crippen molar-refractivity contribution in [3.05, 3.63) is 20.8 Å². The van der Waals surface area contributed by atoms with E-state index in [1.807, 2.05) is 12.4 Å². The lowest BCUT2D eigenvalue weighted by Crippen LogP contribution is -2.19. The van der Waals surface area contributed by atoms with Gasteiger partial charge in [0.25, 0.3) is 0 Å². The summed E-state index contributed by atoms with van der Waals surface area (Å²) in [4.78, 5) is 1.22. The number of halogens is 3. The first-order valence-corrected chi connectivity index (χ1v) is 7.46. The van der Waals surface area contributed by atoms with Crippen molar-refractivity contribution in [2.45, 2.75) is 37.6 Å². The smallest absolute Gasteiger partial charge is 0.248 e. The van der Waals surface area contributed by atoms with E-state index in [4.69, 9.17) is 0 Å². The zero-order valence-corrected chi connectivity index (χ0v) is 12.1. The number of nitrogens with one attached hydrogen (secondary N) is 1. The molecule has 0 aliphatic heterocycles. The number of alkyl halides is 2. The predicted molar refractivity (Wildman–Crippen MR) is 70.7 cm³/mol. The fourth-order valence-electron chi connectivity index (χ4n) is 2.46. The van der Waals surface area contributed by atoms with Crippen LogP contribution in [0.5, 0.6) is 0 Å². The topological polar surface area (TPSA) is 12.0 Å². The zero-order chi connectivity index (χ0) is 12.5. The Labute approximate surface area is 113 Å². The first-order valence-electron chi connectivity index (χ1n) is 5.79. The van der Waals surface area contributed by atoms with Gasteiger partial charge in [-0.3, -0.25) is 0 Å². The molecule has 96 valence electrons. The lowest BCUT2D eigenvalue weighted by atomic mass is 9.97. The van der Waals surface area contributed by atoms with Gasteiger partial charge in [0.05, 0.1) is 0 Å². The van der Waals surface area contributed by atoms with E-state index in [0.717, 1.165) is 10.9 Å². The minimum Gasteiger partial charge on any atom is -0.312 e. The van der Waals surface area contributed by atoms with E-state index in [1.165, 1.54) is 4.88 Å². The zero-order valence-electron chi connectivity index (χ0n) is 9.68. The first-order chi connectivity index (χ1) is 8.00. The molecule has 1 saturated carbocycles. The highest BCUT2D eigenvalue weighted by atomic mass is 79.9. The summed E-state index contributed by atoms with van der Waals surface area (Å²) in [6, 6.07) is 2.27. The molecule has 1 fully saturated rings. The predicted octanol–water partition coefficient (Wildman–Crippen LogP) is 4.60. The van der Waals surface area contributed by atoms with Gasteiger partial charge >= 0.3 is 0 Å². The largest absolute Gasteiger partial charge is 0.312 e. The lowest BCUT2D eigenvalue weighted by molar-refractivity contribution is 0.00435. The summed E-state index contributed by atoms with van der Waals surface area (Å²) in [6.45, 7) is 0.